The summed E-state index contributed by atoms with van der Waals surface area (Å²) in [5, 5.41) is 6.38. The molecule has 30 heavy (non-hydrogen) atoms. The molecule has 1 atom stereocenters. The van der Waals surface area contributed by atoms with E-state index in [2.05, 4.69) is 46.7 Å². The van der Waals surface area contributed by atoms with Crippen LogP contribution in [-0.4, -0.2) is 37.7 Å². The van der Waals surface area contributed by atoms with Gasteiger partial charge < -0.3 is 20.3 Å². The number of guanidine groups is 1. The molecule has 2 heterocycles. The van der Waals surface area contributed by atoms with Gasteiger partial charge in [-0.1, -0.05) is 30.3 Å². The van der Waals surface area contributed by atoms with E-state index in [1.807, 2.05) is 24.3 Å². The maximum absolute atomic E-state index is 12.3. The van der Waals surface area contributed by atoms with Crippen LogP contribution in [0.1, 0.15) is 30.9 Å². The van der Waals surface area contributed by atoms with Crippen LogP contribution in [0.2, 0.25) is 0 Å². The number of ether oxygens (including phenoxy) is 1. The SMILES string of the molecule is CCNC(=NCc1cccc(NC(=O)C2CCCO2)c1)N1CCc2ccccc21.I. The number of benzene rings is 2. The third kappa shape index (κ3) is 5.31. The summed E-state index contributed by atoms with van der Waals surface area (Å²) in [5.41, 5.74) is 4.43. The standard InChI is InChI=1S/C23H28N4O2.HI/c1-2-24-23(27-13-12-18-8-3-4-10-20(18)27)25-16-17-7-5-9-19(15-17)26-22(28)21-11-6-14-29-21;/h3-5,7-10,15,21H,2,6,11-14,16H2,1H3,(H,24,25)(H,26,28);1H. The largest absolute Gasteiger partial charge is 0.368 e. The molecule has 160 valence electrons. The fourth-order valence-corrected chi connectivity index (χ4v) is 3.87. The lowest BCUT2D eigenvalue weighted by atomic mass is 10.2. The van der Waals surface area contributed by atoms with Gasteiger partial charge in [-0.15, -0.1) is 24.0 Å². The van der Waals surface area contributed by atoms with Gasteiger partial charge in [-0.2, -0.15) is 0 Å². The van der Waals surface area contributed by atoms with Crippen molar-refractivity contribution in [3.05, 3.63) is 59.7 Å². The van der Waals surface area contributed by atoms with Gasteiger partial charge >= 0.3 is 0 Å². The van der Waals surface area contributed by atoms with Crippen LogP contribution in [-0.2, 0) is 22.5 Å². The average Bonchev–Trinajstić information content (AvgIpc) is 3.42. The Balaban J connectivity index is 0.00000256. The third-order valence-corrected chi connectivity index (χ3v) is 5.31. The Bertz CT molecular complexity index is 896. The summed E-state index contributed by atoms with van der Waals surface area (Å²) in [4.78, 5) is 19.4. The Morgan fingerprint density at radius 3 is 2.90 bits per heavy atom. The van der Waals surface area contributed by atoms with Crippen LogP contribution in [0.15, 0.2) is 53.5 Å². The van der Waals surface area contributed by atoms with Gasteiger partial charge in [-0.25, -0.2) is 4.99 Å². The highest BCUT2D eigenvalue weighted by atomic mass is 127. The Morgan fingerprint density at radius 2 is 2.10 bits per heavy atom. The van der Waals surface area contributed by atoms with Crippen molar-refractivity contribution in [2.75, 3.05) is 29.9 Å². The number of carbonyl (C=O) groups excluding carboxylic acids is 1. The van der Waals surface area contributed by atoms with Crippen molar-refractivity contribution in [2.45, 2.75) is 38.8 Å². The molecule has 2 aromatic rings. The molecule has 0 aliphatic carbocycles. The number of hydrogen-bond acceptors (Lipinski definition) is 3. The van der Waals surface area contributed by atoms with E-state index in [0.29, 0.717) is 13.2 Å². The lowest BCUT2D eigenvalue weighted by molar-refractivity contribution is -0.124. The molecule has 0 bridgehead atoms. The van der Waals surface area contributed by atoms with Gasteiger partial charge in [0.1, 0.15) is 6.10 Å². The molecular formula is C23H29IN4O2. The molecule has 0 aromatic heterocycles. The van der Waals surface area contributed by atoms with E-state index in [4.69, 9.17) is 9.73 Å². The predicted molar refractivity (Wildman–Crippen MR) is 132 cm³/mol. The normalized spacial score (nSPS) is 18.0. The molecule has 0 saturated carbocycles. The van der Waals surface area contributed by atoms with Gasteiger partial charge in [0.25, 0.3) is 5.91 Å². The first kappa shape index (κ1) is 22.6. The van der Waals surface area contributed by atoms with Crippen molar-refractivity contribution in [3.63, 3.8) is 0 Å². The highest BCUT2D eigenvalue weighted by Crippen LogP contribution is 2.27. The molecular weight excluding hydrogens is 491 g/mol. The van der Waals surface area contributed by atoms with Crippen molar-refractivity contribution < 1.29 is 9.53 Å². The van der Waals surface area contributed by atoms with Gasteiger partial charge in [-0.3, -0.25) is 4.79 Å². The fraction of sp³-hybridized carbons (Fsp3) is 0.391. The maximum atomic E-state index is 12.3. The number of fused-ring (bicyclic) bond motifs is 1. The Hall–Kier alpha value is -2.13. The number of amides is 1. The molecule has 2 aromatic carbocycles. The maximum Gasteiger partial charge on any atom is 0.253 e. The van der Waals surface area contributed by atoms with Crippen molar-refractivity contribution in [1.29, 1.82) is 0 Å². The summed E-state index contributed by atoms with van der Waals surface area (Å²) >= 11 is 0. The summed E-state index contributed by atoms with van der Waals surface area (Å²) in [6, 6.07) is 16.4. The van der Waals surface area contributed by atoms with E-state index in [9.17, 15) is 4.79 Å². The molecule has 6 nitrogen and oxygen atoms in total. The zero-order valence-corrected chi connectivity index (χ0v) is 19.6. The van der Waals surface area contributed by atoms with Gasteiger partial charge in [0, 0.05) is 31.1 Å². The fourth-order valence-electron chi connectivity index (χ4n) is 3.87. The average molecular weight is 520 g/mol. The van der Waals surface area contributed by atoms with E-state index in [0.717, 1.165) is 49.6 Å². The zero-order valence-electron chi connectivity index (χ0n) is 17.3. The topological polar surface area (TPSA) is 66.0 Å². The van der Waals surface area contributed by atoms with Crippen LogP contribution < -0.4 is 15.5 Å². The molecule has 2 aliphatic rings. The molecule has 1 unspecified atom stereocenters. The third-order valence-electron chi connectivity index (χ3n) is 5.31. The van der Waals surface area contributed by atoms with E-state index < -0.39 is 0 Å². The van der Waals surface area contributed by atoms with Crippen LogP contribution in [0.25, 0.3) is 0 Å². The first-order chi connectivity index (χ1) is 14.2. The quantitative estimate of drug-likeness (QED) is 0.356. The second-order valence-electron chi connectivity index (χ2n) is 7.39. The Labute approximate surface area is 195 Å². The number of aliphatic imine (C=N–C) groups is 1. The van der Waals surface area contributed by atoms with Crippen LogP contribution >= 0.6 is 24.0 Å². The van der Waals surface area contributed by atoms with Gasteiger partial charge in [0.2, 0.25) is 0 Å². The number of anilines is 2. The summed E-state index contributed by atoms with van der Waals surface area (Å²) in [5.74, 6) is 0.830. The molecule has 1 amide bonds. The van der Waals surface area contributed by atoms with Crippen LogP contribution in [0.3, 0.4) is 0 Å². The monoisotopic (exact) mass is 520 g/mol. The van der Waals surface area contributed by atoms with E-state index in [1.54, 1.807) is 0 Å². The molecule has 0 radical (unpaired) electrons. The Morgan fingerprint density at radius 1 is 1.23 bits per heavy atom. The number of para-hydroxylation sites is 1. The lowest BCUT2D eigenvalue weighted by Gasteiger charge is -2.22. The second kappa shape index (κ2) is 10.8. The summed E-state index contributed by atoms with van der Waals surface area (Å²) in [6.45, 7) is 5.04. The van der Waals surface area contributed by atoms with Crippen LogP contribution in [0.4, 0.5) is 11.4 Å². The molecule has 7 heteroatoms. The smallest absolute Gasteiger partial charge is 0.253 e. The zero-order chi connectivity index (χ0) is 20.1. The second-order valence-corrected chi connectivity index (χ2v) is 7.39. The molecule has 1 saturated heterocycles. The minimum absolute atomic E-state index is 0. The number of nitrogens with zero attached hydrogens (tertiary/aromatic N) is 2. The number of rotatable bonds is 5. The van der Waals surface area contributed by atoms with Gasteiger partial charge in [0.15, 0.2) is 5.96 Å². The number of carbonyl (C=O) groups is 1. The number of nitrogens with one attached hydrogen (secondary N) is 2. The first-order valence-electron chi connectivity index (χ1n) is 10.4. The molecule has 2 N–H and O–H groups in total. The molecule has 1 fully saturated rings. The summed E-state index contributed by atoms with van der Waals surface area (Å²) in [7, 11) is 0. The predicted octanol–water partition coefficient (Wildman–Crippen LogP) is 3.95. The summed E-state index contributed by atoms with van der Waals surface area (Å²) in [6.07, 6.45) is 2.44. The minimum atomic E-state index is -0.327. The first-order valence-corrected chi connectivity index (χ1v) is 10.4. The highest BCUT2D eigenvalue weighted by molar-refractivity contribution is 14.0. The minimum Gasteiger partial charge on any atom is -0.368 e. The van der Waals surface area contributed by atoms with Crippen molar-refractivity contribution in [1.82, 2.24) is 5.32 Å². The number of halogens is 1. The van der Waals surface area contributed by atoms with E-state index >= 15 is 0 Å². The van der Waals surface area contributed by atoms with Crippen molar-refractivity contribution in [3.8, 4) is 0 Å². The van der Waals surface area contributed by atoms with Crippen molar-refractivity contribution >= 4 is 47.2 Å². The van der Waals surface area contributed by atoms with Gasteiger partial charge in [-0.05, 0) is 55.5 Å². The van der Waals surface area contributed by atoms with Crippen LogP contribution in [0, 0.1) is 0 Å². The van der Waals surface area contributed by atoms with Gasteiger partial charge in [0.05, 0.1) is 6.54 Å². The summed E-state index contributed by atoms with van der Waals surface area (Å²) < 4.78 is 5.46. The Kier molecular flexibility index (Phi) is 8.09. The van der Waals surface area contributed by atoms with E-state index in [1.165, 1.54) is 11.3 Å². The molecule has 2 aliphatic heterocycles. The molecule has 4 rings (SSSR count). The highest BCUT2D eigenvalue weighted by Gasteiger charge is 2.24. The van der Waals surface area contributed by atoms with E-state index in [-0.39, 0.29) is 36.0 Å². The molecule has 0 spiro atoms. The lowest BCUT2D eigenvalue weighted by Crippen LogP contribution is -2.40. The van der Waals surface area contributed by atoms with Crippen LogP contribution in [0.5, 0.6) is 0 Å². The number of hydrogen-bond donors (Lipinski definition) is 2. The van der Waals surface area contributed by atoms with Crippen molar-refractivity contribution in [2.24, 2.45) is 4.99 Å².